The summed E-state index contributed by atoms with van der Waals surface area (Å²) in [6.07, 6.45) is 2.51. The predicted octanol–water partition coefficient (Wildman–Crippen LogP) is 3.27. The number of thiophene rings is 1. The first kappa shape index (κ1) is 20.3. The Bertz CT molecular complexity index is 1200. The second-order valence-electron chi connectivity index (χ2n) is 7.76. The second kappa shape index (κ2) is 8.16. The number of aromatic nitrogens is 1. The van der Waals surface area contributed by atoms with Crippen molar-refractivity contribution in [2.24, 2.45) is 12.1 Å². The van der Waals surface area contributed by atoms with Crippen molar-refractivity contribution in [1.82, 2.24) is 14.5 Å². The molecule has 32 heavy (non-hydrogen) atoms. The smallest absolute Gasteiger partial charge is 0.264 e. The van der Waals surface area contributed by atoms with Crippen LogP contribution in [0, 0.1) is 0 Å². The van der Waals surface area contributed by atoms with E-state index in [1.54, 1.807) is 13.1 Å². The van der Waals surface area contributed by atoms with Crippen LogP contribution in [0.5, 0.6) is 11.5 Å². The number of nitrogens with zero attached hydrogens (tertiary/aromatic N) is 4. The van der Waals surface area contributed by atoms with Gasteiger partial charge in [-0.3, -0.25) is 9.59 Å². The molecule has 2 aliphatic rings. The fourth-order valence-electron chi connectivity index (χ4n) is 3.97. The lowest BCUT2D eigenvalue weighted by Crippen LogP contribution is -2.39. The van der Waals surface area contributed by atoms with Crippen LogP contribution in [-0.2, 0) is 11.8 Å². The molecule has 0 fully saturated rings. The fourth-order valence-corrected chi connectivity index (χ4v) is 4.69. The van der Waals surface area contributed by atoms with Crippen molar-refractivity contribution in [3.05, 3.63) is 70.2 Å². The van der Waals surface area contributed by atoms with Gasteiger partial charge in [0, 0.05) is 26.7 Å². The highest BCUT2D eigenvalue weighted by atomic mass is 32.1. The summed E-state index contributed by atoms with van der Waals surface area (Å²) < 4.78 is 12.9. The molecule has 0 bridgehead atoms. The van der Waals surface area contributed by atoms with E-state index < -0.39 is 0 Å². The number of aryl methyl sites for hydroxylation is 1. The number of hydrogen-bond donors (Lipinski definition) is 0. The average Bonchev–Trinajstić information content (AvgIpc) is 3.58. The molecule has 164 valence electrons. The number of ether oxygens (including phenoxy) is 2. The summed E-state index contributed by atoms with van der Waals surface area (Å²) in [4.78, 5) is 28.0. The van der Waals surface area contributed by atoms with Gasteiger partial charge >= 0.3 is 0 Å². The Morgan fingerprint density at radius 2 is 2.03 bits per heavy atom. The van der Waals surface area contributed by atoms with Gasteiger partial charge in [-0.25, -0.2) is 5.01 Å². The number of hydrazone groups is 1. The molecule has 3 aromatic rings. The summed E-state index contributed by atoms with van der Waals surface area (Å²) in [6, 6.07) is 12.9. The van der Waals surface area contributed by atoms with E-state index in [1.807, 2.05) is 59.6 Å². The SMILES string of the molecule is CN(CC(=O)N1N=C(c2cccn2C)CC1c1ccc2c(c1)OCO2)C(=O)c1cccs1. The molecule has 0 aliphatic carbocycles. The number of benzene rings is 1. The first-order valence-electron chi connectivity index (χ1n) is 10.2. The molecule has 4 heterocycles. The Morgan fingerprint density at radius 1 is 1.19 bits per heavy atom. The first-order valence-corrected chi connectivity index (χ1v) is 11.1. The lowest BCUT2D eigenvalue weighted by molar-refractivity contribution is -0.133. The molecule has 2 aliphatic heterocycles. The monoisotopic (exact) mass is 450 g/mol. The molecule has 1 atom stereocenters. The molecule has 2 aromatic heterocycles. The van der Waals surface area contributed by atoms with E-state index in [0.29, 0.717) is 22.8 Å². The van der Waals surface area contributed by atoms with Crippen LogP contribution in [-0.4, -0.2) is 52.4 Å². The van der Waals surface area contributed by atoms with E-state index in [-0.39, 0.29) is 31.2 Å². The van der Waals surface area contributed by atoms with Crippen molar-refractivity contribution >= 4 is 28.9 Å². The highest BCUT2D eigenvalue weighted by Crippen LogP contribution is 2.39. The van der Waals surface area contributed by atoms with Gasteiger partial charge in [-0.1, -0.05) is 12.1 Å². The molecule has 0 saturated heterocycles. The van der Waals surface area contributed by atoms with Crippen molar-refractivity contribution in [2.75, 3.05) is 20.4 Å². The predicted molar refractivity (Wildman–Crippen MR) is 120 cm³/mol. The number of likely N-dealkylation sites (N-methyl/N-ethyl adjacent to an activating group) is 1. The minimum absolute atomic E-state index is 0.0678. The van der Waals surface area contributed by atoms with Crippen LogP contribution in [0.2, 0.25) is 0 Å². The lowest BCUT2D eigenvalue weighted by atomic mass is 10.00. The number of fused-ring (bicyclic) bond motifs is 1. The van der Waals surface area contributed by atoms with Crippen LogP contribution in [0.15, 0.2) is 59.1 Å². The van der Waals surface area contributed by atoms with Gasteiger partial charge in [0.05, 0.1) is 22.3 Å². The molecular weight excluding hydrogens is 428 g/mol. The van der Waals surface area contributed by atoms with Gasteiger partial charge in [-0.2, -0.15) is 5.10 Å². The third kappa shape index (κ3) is 3.64. The minimum atomic E-state index is -0.299. The number of carbonyl (C=O) groups excluding carboxylic acids is 2. The normalized spacial score (nSPS) is 16.9. The molecule has 1 aromatic carbocycles. The Balaban J connectivity index is 1.43. The standard InChI is InChI=1S/C23H22N4O4S/c1-25-9-3-5-17(25)16-12-18(15-7-8-19-20(11-15)31-14-30-19)27(24-16)22(28)13-26(2)23(29)21-6-4-10-32-21/h3-11,18H,12-14H2,1-2H3. The van der Waals surface area contributed by atoms with Crippen LogP contribution in [0.4, 0.5) is 0 Å². The summed E-state index contributed by atoms with van der Waals surface area (Å²) >= 11 is 1.36. The topological polar surface area (TPSA) is 76.4 Å². The third-order valence-electron chi connectivity index (χ3n) is 5.64. The first-order chi connectivity index (χ1) is 15.5. The van der Waals surface area contributed by atoms with Gasteiger partial charge in [-0.15, -0.1) is 11.3 Å². The van der Waals surface area contributed by atoms with E-state index in [9.17, 15) is 9.59 Å². The molecule has 0 N–H and O–H groups in total. The van der Waals surface area contributed by atoms with Gasteiger partial charge in [0.25, 0.3) is 11.8 Å². The quantitative estimate of drug-likeness (QED) is 0.598. The van der Waals surface area contributed by atoms with E-state index in [4.69, 9.17) is 9.47 Å². The summed E-state index contributed by atoms with van der Waals surface area (Å²) in [7, 11) is 3.58. The Kier molecular flexibility index (Phi) is 5.18. The van der Waals surface area contributed by atoms with E-state index in [2.05, 4.69) is 5.10 Å². The molecular formula is C23H22N4O4S. The zero-order chi connectivity index (χ0) is 22.2. The molecule has 0 spiro atoms. The average molecular weight is 451 g/mol. The van der Waals surface area contributed by atoms with Crippen LogP contribution in [0.25, 0.3) is 0 Å². The molecule has 0 radical (unpaired) electrons. The van der Waals surface area contributed by atoms with Gasteiger partial charge in [0.2, 0.25) is 6.79 Å². The third-order valence-corrected chi connectivity index (χ3v) is 6.50. The number of hydrogen-bond acceptors (Lipinski definition) is 6. The highest BCUT2D eigenvalue weighted by Gasteiger charge is 2.35. The van der Waals surface area contributed by atoms with Crippen molar-refractivity contribution in [2.45, 2.75) is 12.5 Å². The maximum absolute atomic E-state index is 13.3. The molecule has 2 amide bonds. The van der Waals surface area contributed by atoms with Crippen LogP contribution >= 0.6 is 11.3 Å². The second-order valence-corrected chi connectivity index (χ2v) is 8.71. The van der Waals surface area contributed by atoms with Gasteiger partial charge in [0.15, 0.2) is 11.5 Å². The van der Waals surface area contributed by atoms with Crippen molar-refractivity contribution in [1.29, 1.82) is 0 Å². The Labute approximate surface area is 189 Å². The summed E-state index contributed by atoms with van der Waals surface area (Å²) in [6.45, 7) is 0.120. The van der Waals surface area contributed by atoms with Crippen LogP contribution < -0.4 is 9.47 Å². The minimum Gasteiger partial charge on any atom is -0.454 e. The van der Waals surface area contributed by atoms with Gasteiger partial charge in [-0.05, 0) is 41.3 Å². The van der Waals surface area contributed by atoms with E-state index in [0.717, 1.165) is 17.0 Å². The van der Waals surface area contributed by atoms with Crippen molar-refractivity contribution < 1.29 is 19.1 Å². The van der Waals surface area contributed by atoms with E-state index >= 15 is 0 Å². The molecule has 5 rings (SSSR count). The molecule has 8 nitrogen and oxygen atoms in total. The number of amides is 2. The fraction of sp³-hybridized carbons (Fsp3) is 0.261. The number of carbonyl (C=O) groups is 2. The number of rotatable bonds is 5. The highest BCUT2D eigenvalue weighted by molar-refractivity contribution is 7.12. The molecule has 0 saturated carbocycles. The van der Waals surface area contributed by atoms with E-state index in [1.165, 1.54) is 21.2 Å². The largest absolute Gasteiger partial charge is 0.454 e. The molecule has 9 heteroatoms. The summed E-state index contributed by atoms with van der Waals surface area (Å²) in [5.41, 5.74) is 2.68. The van der Waals surface area contributed by atoms with Gasteiger partial charge in [0.1, 0.15) is 6.54 Å². The zero-order valence-electron chi connectivity index (χ0n) is 17.7. The Morgan fingerprint density at radius 3 is 2.78 bits per heavy atom. The lowest BCUT2D eigenvalue weighted by Gasteiger charge is -2.25. The van der Waals surface area contributed by atoms with Crippen molar-refractivity contribution in [3.63, 3.8) is 0 Å². The van der Waals surface area contributed by atoms with Crippen molar-refractivity contribution in [3.8, 4) is 11.5 Å². The zero-order valence-corrected chi connectivity index (χ0v) is 18.5. The maximum Gasteiger partial charge on any atom is 0.264 e. The summed E-state index contributed by atoms with van der Waals surface area (Å²) in [5.74, 6) is 0.921. The van der Waals surface area contributed by atoms with Gasteiger partial charge < -0.3 is 18.9 Å². The Hall–Kier alpha value is -3.59. The maximum atomic E-state index is 13.3. The van der Waals surface area contributed by atoms with Crippen LogP contribution in [0.1, 0.15) is 33.4 Å². The van der Waals surface area contributed by atoms with Crippen LogP contribution in [0.3, 0.4) is 0 Å². The molecule has 1 unspecified atom stereocenters. The summed E-state index contributed by atoms with van der Waals surface area (Å²) in [5, 5.41) is 8.03.